The lowest BCUT2D eigenvalue weighted by Gasteiger charge is -2.32. The third kappa shape index (κ3) is 3.07. The summed E-state index contributed by atoms with van der Waals surface area (Å²) in [5.41, 5.74) is 5.52. The summed E-state index contributed by atoms with van der Waals surface area (Å²) in [4.78, 5) is 28.8. The first-order valence-electron chi connectivity index (χ1n) is 7.54. The van der Waals surface area contributed by atoms with Crippen LogP contribution >= 0.6 is 11.6 Å². The summed E-state index contributed by atoms with van der Waals surface area (Å²) in [6, 6.07) is 4.59. The molecule has 2 heterocycles. The molecule has 1 atom stereocenters. The highest BCUT2D eigenvalue weighted by atomic mass is 35.5. The minimum atomic E-state index is -0.700. The van der Waals surface area contributed by atoms with Crippen molar-refractivity contribution < 1.29 is 9.59 Å². The first kappa shape index (κ1) is 16.3. The van der Waals surface area contributed by atoms with Crippen molar-refractivity contribution in [3.05, 3.63) is 40.2 Å². The number of allylic oxidation sites excluding steroid dienone is 1. The van der Waals surface area contributed by atoms with Gasteiger partial charge in [0.15, 0.2) is 0 Å². The zero-order chi connectivity index (χ0) is 17.4. The van der Waals surface area contributed by atoms with Crippen molar-refractivity contribution in [1.82, 2.24) is 15.8 Å². The van der Waals surface area contributed by atoms with Gasteiger partial charge in [0.05, 0.1) is 6.42 Å². The van der Waals surface area contributed by atoms with Crippen LogP contribution in [0.3, 0.4) is 0 Å². The van der Waals surface area contributed by atoms with Crippen molar-refractivity contribution in [2.45, 2.75) is 33.2 Å². The molecule has 3 rings (SSSR count). The van der Waals surface area contributed by atoms with Crippen molar-refractivity contribution >= 4 is 35.1 Å². The van der Waals surface area contributed by atoms with Gasteiger partial charge in [-0.05, 0) is 44.0 Å². The van der Waals surface area contributed by atoms with Gasteiger partial charge in [0.2, 0.25) is 17.8 Å². The Labute approximate surface area is 144 Å². The number of amides is 2. The van der Waals surface area contributed by atoms with E-state index in [4.69, 9.17) is 11.6 Å². The molecule has 1 fully saturated rings. The number of carbonyl (C=O) groups excluding carboxylic acids is 2. The molecule has 2 amide bonds. The standard InChI is InChI=1S/C16H18ClN5O2/c1-8(2)14-20-16-19-13(23)7-12(22(16)21-14)15(24)18-10-5-4-9(3)11(17)6-10/h4-6,12,21H,7H2,1-3H3,(H,18,24)(H,19,20,23)/t12-/m0/s1. The summed E-state index contributed by atoms with van der Waals surface area (Å²) in [5, 5.41) is 7.62. The van der Waals surface area contributed by atoms with Crippen molar-refractivity contribution in [2.24, 2.45) is 4.99 Å². The lowest BCUT2D eigenvalue weighted by Crippen LogP contribution is -2.61. The van der Waals surface area contributed by atoms with E-state index in [2.05, 4.69) is 21.1 Å². The van der Waals surface area contributed by atoms with E-state index in [1.54, 1.807) is 17.1 Å². The van der Waals surface area contributed by atoms with Crippen LogP contribution in [0.1, 0.15) is 25.8 Å². The molecule has 0 saturated carbocycles. The van der Waals surface area contributed by atoms with E-state index in [0.717, 1.165) is 11.1 Å². The fraction of sp³-hybridized carbons (Fsp3) is 0.312. The highest BCUT2D eigenvalue weighted by Gasteiger charge is 2.39. The number of hydrogen-bond donors (Lipinski definition) is 3. The number of hydrogen-bond acceptors (Lipinski definition) is 5. The molecular formula is C16H18ClN5O2. The zero-order valence-corrected chi connectivity index (χ0v) is 14.4. The Morgan fingerprint density at radius 2 is 2.17 bits per heavy atom. The SMILES string of the molecule is CC(C)=C1N=C2NC(=O)C[C@@H](C(=O)Nc3ccc(C)c(Cl)c3)N2N1. The van der Waals surface area contributed by atoms with Crippen molar-refractivity contribution in [1.29, 1.82) is 0 Å². The van der Waals surface area contributed by atoms with Crippen LogP contribution in [0, 0.1) is 6.92 Å². The Morgan fingerprint density at radius 1 is 1.42 bits per heavy atom. The van der Waals surface area contributed by atoms with Crippen LogP contribution in [0.15, 0.2) is 34.6 Å². The highest BCUT2D eigenvalue weighted by molar-refractivity contribution is 6.31. The zero-order valence-electron chi connectivity index (χ0n) is 13.6. The van der Waals surface area contributed by atoms with Crippen molar-refractivity contribution in [3.8, 4) is 0 Å². The minimum Gasteiger partial charge on any atom is -0.324 e. The molecule has 0 aliphatic carbocycles. The molecule has 0 unspecified atom stereocenters. The molecule has 0 radical (unpaired) electrons. The molecule has 0 bridgehead atoms. The van der Waals surface area contributed by atoms with E-state index in [0.29, 0.717) is 22.5 Å². The number of guanidine groups is 1. The molecule has 126 valence electrons. The van der Waals surface area contributed by atoms with E-state index in [-0.39, 0.29) is 18.2 Å². The van der Waals surface area contributed by atoms with Crippen LogP contribution in [0.2, 0.25) is 5.02 Å². The Bertz CT molecular complexity index is 783. The van der Waals surface area contributed by atoms with Gasteiger partial charge in [0.1, 0.15) is 11.9 Å². The third-order valence-corrected chi connectivity index (χ3v) is 4.24. The second kappa shape index (κ2) is 6.16. The lowest BCUT2D eigenvalue weighted by molar-refractivity contribution is -0.129. The highest BCUT2D eigenvalue weighted by Crippen LogP contribution is 2.22. The number of anilines is 1. The molecule has 2 aliphatic rings. The second-order valence-electron chi connectivity index (χ2n) is 5.99. The van der Waals surface area contributed by atoms with Crippen LogP contribution in [0.5, 0.6) is 0 Å². The molecule has 3 N–H and O–H groups in total. The van der Waals surface area contributed by atoms with Gasteiger partial charge in [-0.2, -0.15) is 4.99 Å². The minimum absolute atomic E-state index is 0.0352. The fourth-order valence-corrected chi connectivity index (χ4v) is 2.62. The Balaban J connectivity index is 1.81. The van der Waals surface area contributed by atoms with E-state index in [9.17, 15) is 9.59 Å². The summed E-state index contributed by atoms with van der Waals surface area (Å²) >= 11 is 6.09. The first-order valence-corrected chi connectivity index (χ1v) is 7.92. The average molecular weight is 348 g/mol. The monoisotopic (exact) mass is 347 g/mol. The number of aryl methyl sites for hydroxylation is 1. The van der Waals surface area contributed by atoms with E-state index in [1.807, 2.05) is 26.8 Å². The number of carbonyl (C=O) groups is 2. The van der Waals surface area contributed by atoms with Gasteiger partial charge in [-0.1, -0.05) is 17.7 Å². The Hall–Kier alpha value is -2.54. The van der Waals surface area contributed by atoms with Crippen LogP contribution < -0.4 is 16.1 Å². The van der Waals surface area contributed by atoms with E-state index < -0.39 is 6.04 Å². The Kier molecular flexibility index (Phi) is 4.19. The topological polar surface area (TPSA) is 85.8 Å². The molecule has 7 nitrogen and oxygen atoms in total. The van der Waals surface area contributed by atoms with Gasteiger partial charge in [0, 0.05) is 10.7 Å². The van der Waals surface area contributed by atoms with Gasteiger partial charge < -0.3 is 5.32 Å². The summed E-state index contributed by atoms with van der Waals surface area (Å²) in [7, 11) is 0. The molecule has 1 aromatic rings. The molecule has 2 aliphatic heterocycles. The summed E-state index contributed by atoms with van der Waals surface area (Å²) in [6.07, 6.45) is 0.0352. The molecule has 24 heavy (non-hydrogen) atoms. The molecule has 1 aromatic carbocycles. The number of aliphatic imine (C=N–C) groups is 1. The number of hydrazine groups is 1. The number of nitrogens with zero attached hydrogens (tertiary/aromatic N) is 2. The van der Waals surface area contributed by atoms with E-state index in [1.165, 1.54) is 0 Å². The molecule has 8 heteroatoms. The van der Waals surface area contributed by atoms with Crippen molar-refractivity contribution in [2.75, 3.05) is 5.32 Å². The number of rotatable bonds is 2. The van der Waals surface area contributed by atoms with Crippen molar-refractivity contribution in [3.63, 3.8) is 0 Å². The number of nitrogens with one attached hydrogen (secondary N) is 3. The number of fused-ring (bicyclic) bond motifs is 1. The maximum absolute atomic E-state index is 12.6. The Morgan fingerprint density at radius 3 is 2.83 bits per heavy atom. The van der Waals surface area contributed by atoms with Crippen LogP contribution in [0.25, 0.3) is 0 Å². The molecule has 0 aromatic heterocycles. The maximum atomic E-state index is 12.6. The second-order valence-corrected chi connectivity index (χ2v) is 6.39. The number of halogens is 1. The smallest absolute Gasteiger partial charge is 0.249 e. The predicted molar refractivity (Wildman–Crippen MR) is 92.2 cm³/mol. The third-order valence-electron chi connectivity index (χ3n) is 3.83. The average Bonchev–Trinajstić information content (AvgIpc) is 2.94. The molecular weight excluding hydrogens is 330 g/mol. The van der Waals surface area contributed by atoms with Gasteiger partial charge in [-0.15, -0.1) is 0 Å². The van der Waals surface area contributed by atoms with Crippen LogP contribution in [-0.4, -0.2) is 28.8 Å². The summed E-state index contributed by atoms with van der Waals surface area (Å²) in [6.45, 7) is 5.68. The van der Waals surface area contributed by atoms with Gasteiger partial charge >= 0.3 is 0 Å². The summed E-state index contributed by atoms with van der Waals surface area (Å²) in [5.74, 6) is 0.414. The normalized spacial score (nSPS) is 19.2. The molecule has 0 spiro atoms. The van der Waals surface area contributed by atoms with Crippen LogP contribution in [0.4, 0.5) is 5.69 Å². The van der Waals surface area contributed by atoms with Gasteiger partial charge in [-0.3, -0.25) is 20.3 Å². The van der Waals surface area contributed by atoms with Crippen LogP contribution in [-0.2, 0) is 9.59 Å². The largest absolute Gasteiger partial charge is 0.324 e. The molecule has 1 saturated heterocycles. The number of benzene rings is 1. The van der Waals surface area contributed by atoms with Gasteiger partial charge in [-0.25, -0.2) is 5.01 Å². The van der Waals surface area contributed by atoms with E-state index >= 15 is 0 Å². The van der Waals surface area contributed by atoms with Gasteiger partial charge in [0.25, 0.3) is 0 Å². The fourth-order valence-electron chi connectivity index (χ4n) is 2.44. The quantitative estimate of drug-likeness (QED) is 0.762. The lowest BCUT2D eigenvalue weighted by atomic mass is 10.1. The first-order chi connectivity index (χ1) is 11.3. The predicted octanol–water partition coefficient (Wildman–Crippen LogP) is 1.90. The summed E-state index contributed by atoms with van der Waals surface area (Å²) < 4.78 is 0. The maximum Gasteiger partial charge on any atom is 0.249 e.